The molecular weight excluding hydrogens is 227 g/mol. The summed E-state index contributed by atoms with van der Waals surface area (Å²) in [6.07, 6.45) is 1.93. The van der Waals surface area contributed by atoms with E-state index in [2.05, 4.69) is 10.3 Å². The van der Waals surface area contributed by atoms with E-state index in [0.717, 1.165) is 11.6 Å². The van der Waals surface area contributed by atoms with E-state index >= 15 is 0 Å². The molecule has 0 aliphatic rings. The molecule has 1 aromatic heterocycles. The maximum atomic E-state index is 5.92. The monoisotopic (exact) mass is 236 g/mol. The second kappa shape index (κ2) is 4.94. The molecule has 0 amide bonds. The molecule has 2 nitrogen and oxygen atoms in total. The molecule has 0 atom stereocenters. The fraction of sp³-hybridized carbons (Fsp3) is 0.375. The number of halogens is 2. The Morgan fingerprint density at radius 3 is 2.69 bits per heavy atom. The highest BCUT2D eigenvalue weighted by Gasteiger charge is 2.07. The molecule has 0 fully saturated rings. The number of aromatic nitrogens is 1. The highest BCUT2D eigenvalue weighted by molar-refractivity contribution is 7.98. The van der Waals surface area contributed by atoms with Gasteiger partial charge >= 0.3 is 0 Å². The molecule has 0 saturated carbocycles. The normalized spacial score (nSPS) is 10.2. The van der Waals surface area contributed by atoms with Crippen molar-refractivity contribution in [2.75, 3.05) is 18.1 Å². The van der Waals surface area contributed by atoms with Crippen molar-refractivity contribution < 1.29 is 0 Å². The third-order valence-corrected chi connectivity index (χ3v) is 2.82. The Hall–Kier alpha value is -0.120. The summed E-state index contributed by atoms with van der Waals surface area (Å²) in [7, 11) is 0. The van der Waals surface area contributed by atoms with Gasteiger partial charge in [-0.3, -0.25) is 0 Å². The van der Waals surface area contributed by atoms with Crippen molar-refractivity contribution in [3.63, 3.8) is 0 Å². The van der Waals surface area contributed by atoms with Crippen LogP contribution in [0.2, 0.25) is 10.0 Å². The van der Waals surface area contributed by atoms with Crippen LogP contribution in [0.25, 0.3) is 0 Å². The van der Waals surface area contributed by atoms with Gasteiger partial charge < -0.3 is 5.32 Å². The Bertz CT molecular complexity index is 304. The first-order valence-corrected chi connectivity index (χ1v) is 5.81. The molecule has 1 N–H and O–H groups in total. The summed E-state index contributed by atoms with van der Waals surface area (Å²) in [6, 6.07) is 1.71. The minimum atomic E-state index is 0.560. The first-order chi connectivity index (χ1) is 6.19. The smallest absolute Gasteiger partial charge is 0.146 e. The van der Waals surface area contributed by atoms with Gasteiger partial charge in [-0.05, 0) is 19.2 Å². The first kappa shape index (κ1) is 11.0. The minimum Gasteiger partial charge on any atom is -0.369 e. The lowest BCUT2D eigenvalue weighted by molar-refractivity contribution is 1.09. The van der Waals surface area contributed by atoms with Gasteiger partial charge in [0, 0.05) is 6.54 Å². The number of anilines is 1. The van der Waals surface area contributed by atoms with Gasteiger partial charge in [0.15, 0.2) is 0 Å². The lowest BCUT2D eigenvalue weighted by atomic mass is 10.4. The van der Waals surface area contributed by atoms with Crippen LogP contribution < -0.4 is 5.32 Å². The summed E-state index contributed by atoms with van der Waals surface area (Å²) in [5.41, 5.74) is 0. The van der Waals surface area contributed by atoms with Crippen LogP contribution in [0, 0.1) is 0 Å². The minimum absolute atomic E-state index is 0.560. The number of nitrogens with one attached hydrogen (secondary N) is 1. The lowest BCUT2D eigenvalue weighted by Crippen LogP contribution is -2.00. The predicted octanol–water partition coefficient (Wildman–Crippen LogP) is 3.54. The van der Waals surface area contributed by atoms with Gasteiger partial charge in [-0.15, -0.1) is 11.8 Å². The van der Waals surface area contributed by atoms with Crippen molar-refractivity contribution in [1.82, 2.24) is 4.98 Å². The van der Waals surface area contributed by atoms with Crippen molar-refractivity contribution in [2.24, 2.45) is 0 Å². The lowest BCUT2D eigenvalue weighted by Gasteiger charge is -2.07. The molecule has 72 valence electrons. The summed E-state index contributed by atoms with van der Waals surface area (Å²) in [6.45, 7) is 2.79. The molecule has 0 bridgehead atoms. The second-order valence-electron chi connectivity index (χ2n) is 2.34. The van der Waals surface area contributed by atoms with E-state index in [1.165, 1.54) is 11.8 Å². The Kier molecular flexibility index (Phi) is 4.16. The third-order valence-electron chi connectivity index (χ3n) is 1.43. The predicted molar refractivity (Wildman–Crippen MR) is 60.2 cm³/mol. The molecule has 0 aliphatic heterocycles. The van der Waals surface area contributed by atoms with Gasteiger partial charge in [0.25, 0.3) is 0 Å². The molecular formula is C8H10Cl2N2S. The van der Waals surface area contributed by atoms with Crippen LogP contribution in [0.3, 0.4) is 0 Å². The van der Waals surface area contributed by atoms with E-state index in [9.17, 15) is 0 Å². The van der Waals surface area contributed by atoms with Crippen LogP contribution in [0.1, 0.15) is 6.92 Å². The molecule has 0 unspecified atom stereocenters. The summed E-state index contributed by atoms with van der Waals surface area (Å²) >= 11 is 13.3. The first-order valence-electron chi connectivity index (χ1n) is 3.83. The summed E-state index contributed by atoms with van der Waals surface area (Å²) in [5, 5.41) is 5.01. The maximum absolute atomic E-state index is 5.92. The van der Waals surface area contributed by atoms with E-state index in [1.807, 2.05) is 13.2 Å². The number of nitrogens with zero attached hydrogens (tertiary/aromatic N) is 1. The highest BCUT2D eigenvalue weighted by Crippen LogP contribution is 2.30. The summed E-state index contributed by atoms with van der Waals surface area (Å²) in [5.74, 6) is 0.693. The fourth-order valence-electron chi connectivity index (χ4n) is 0.884. The maximum Gasteiger partial charge on any atom is 0.146 e. The van der Waals surface area contributed by atoms with Crippen LogP contribution in [-0.2, 0) is 0 Å². The summed E-state index contributed by atoms with van der Waals surface area (Å²) < 4.78 is 0. The second-order valence-corrected chi connectivity index (χ2v) is 3.95. The molecule has 1 rings (SSSR count). The van der Waals surface area contributed by atoms with E-state index < -0.39 is 0 Å². The van der Waals surface area contributed by atoms with E-state index in [0.29, 0.717) is 15.9 Å². The molecule has 13 heavy (non-hydrogen) atoms. The zero-order chi connectivity index (χ0) is 9.84. The Labute approximate surface area is 92.0 Å². The van der Waals surface area contributed by atoms with Crippen LogP contribution in [-0.4, -0.2) is 17.8 Å². The van der Waals surface area contributed by atoms with Crippen molar-refractivity contribution in [1.29, 1.82) is 0 Å². The van der Waals surface area contributed by atoms with Crippen molar-refractivity contribution in [2.45, 2.75) is 11.9 Å². The Morgan fingerprint density at radius 1 is 1.46 bits per heavy atom. The molecule has 0 aliphatic carbocycles. The average Bonchev–Trinajstić information content (AvgIpc) is 2.10. The van der Waals surface area contributed by atoms with Gasteiger partial charge in [0.05, 0.1) is 10.0 Å². The molecule has 0 saturated heterocycles. The largest absolute Gasteiger partial charge is 0.369 e. The Morgan fingerprint density at radius 2 is 2.15 bits per heavy atom. The van der Waals surface area contributed by atoms with Crippen LogP contribution in [0.4, 0.5) is 5.82 Å². The van der Waals surface area contributed by atoms with Crippen molar-refractivity contribution >= 4 is 40.8 Å². The third kappa shape index (κ3) is 2.66. The number of hydrogen-bond donors (Lipinski definition) is 1. The Balaban J connectivity index is 3.06. The highest BCUT2D eigenvalue weighted by atomic mass is 35.5. The van der Waals surface area contributed by atoms with Crippen molar-refractivity contribution in [3.05, 3.63) is 16.1 Å². The zero-order valence-corrected chi connectivity index (χ0v) is 9.72. The molecule has 0 aromatic carbocycles. The molecule has 5 heteroatoms. The topological polar surface area (TPSA) is 24.9 Å². The van der Waals surface area contributed by atoms with Crippen molar-refractivity contribution in [3.8, 4) is 0 Å². The molecule has 1 aromatic rings. The standard InChI is InChI=1S/C8H10Cl2N2S/c1-3-11-7-5(9)4-6(10)8(12-7)13-2/h4H,3H2,1-2H3,(H,11,12). The van der Waals surface area contributed by atoms with Gasteiger partial charge in [-0.2, -0.15) is 0 Å². The number of rotatable bonds is 3. The van der Waals surface area contributed by atoms with Gasteiger partial charge in [-0.25, -0.2) is 4.98 Å². The van der Waals surface area contributed by atoms with Crippen LogP contribution in [0.15, 0.2) is 11.1 Å². The SMILES string of the molecule is CCNc1nc(SC)c(Cl)cc1Cl. The van der Waals surface area contributed by atoms with Crippen LogP contribution in [0.5, 0.6) is 0 Å². The molecule has 0 radical (unpaired) electrons. The molecule has 1 heterocycles. The quantitative estimate of drug-likeness (QED) is 0.814. The average molecular weight is 237 g/mol. The van der Waals surface area contributed by atoms with E-state index in [1.54, 1.807) is 6.07 Å². The molecule has 0 spiro atoms. The van der Waals surface area contributed by atoms with Gasteiger partial charge in [-0.1, -0.05) is 23.2 Å². The number of thioether (sulfide) groups is 1. The van der Waals surface area contributed by atoms with Crippen LogP contribution >= 0.6 is 35.0 Å². The van der Waals surface area contributed by atoms with E-state index in [-0.39, 0.29) is 0 Å². The fourth-order valence-corrected chi connectivity index (χ4v) is 1.98. The number of pyridine rings is 1. The zero-order valence-electron chi connectivity index (χ0n) is 7.40. The van der Waals surface area contributed by atoms with E-state index in [4.69, 9.17) is 23.2 Å². The summed E-state index contributed by atoms with van der Waals surface area (Å²) in [4.78, 5) is 4.27. The van der Waals surface area contributed by atoms with Gasteiger partial charge in [0.1, 0.15) is 10.8 Å². The van der Waals surface area contributed by atoms with Gasteiger partial charge in [0.2, 0.25) is 0 Å². The number of hydrogen-bond acceptors (Lipinski definition) is 3.